The highest BCUT2D eigenvalue weighted by atomic mass is 16.5. The standard InChI is InChI=1S/C15H19N3O3/c16-10-13-9-12(1-5-17-13)11-18-6-2-14(3-7-18)21-8-4-15(19)20/h1,5,9,14H,2-4,6-8,11H2,(H,19,20). The summed E-state index contributed by atoms with van der Waals surface area (Å²) >= 11 is 0. The number of aromatic nitrogens is 1. The van der Waals surface area contributed by atoms with Gasteiger partial charge in [0, 0.05) is 25.8 Å². The maximum atomic E-state index is 10.4. The molecule has 1 N–H and O–H groups in total. The quantitative estimate of drug-likeness (QED) is 0.852. The van der Waals surface area contributed by atoms with Gasteiger partial charge >= 0.3 is 5.97 Å². The van der Waals surface area contributed by atoms with Crippen molar-refractivity contribution in [2.45, 2.75) is 31.9 Å². The molecule has 0 spiro atoms. The van der Waals surface area contributed by atoms with Crippen LogP contribution in [0, 0.1) is 11.3 Å². The van der Waals surface area contributed by atoms with E-state index in [2.05, 4.69) is 9.88 Å². The number of carbonyl (C=O) groups is 1. The first-order valence-corrected chi connectivity index (χ1v) is 7.08. The van der Waals surface area contributed by atoms with Crippen LogP contribution >= 0.6 is 0 Å². The number of nitriles is 1. The Balaban J connectivity index is 1.74. The van der Waals surface area contributed by atoms with Gasteiger partial charge < -0.3 is 9.84 Å². The summed E-state index contributed by atoms with van der Waals surface area (Å²) in [5.41, 5.74) is 1.53. The van der Waals surface area contributed by atoms with E-state index in [1.54, 1.807) is 6.20 Å². The van der Waals surface area contributed by atoms with Gasteiger partial charge in [0.15, 0.2) is 0 Å². The summed E-state index contributed by atoms with van der Waals surface area (Å²) in [6.45, 7) is 2.93. The fourth-order valence-corrected chi connectivity index (χ4v) is 2.44. The number of pyridine rings is 1. The van der Waals surface area contributed by atoms with Crippen LogP contribution in [0.5, 0.6) is 0 Å². The number of carboxylic acid groups (broad SMARTS) is 1. The third-order valence-electron chi connectivity index (χ3n) is 3.55. The van der Waals surface area contributed by atoms with E-state index < -0.39 is 5.97 Å². The molecule has 0 saturated carbocycles. The second kappa shape index (κ2) is 7.72. The largest absolute Gasteiger partial charge is 0.481 e. The Hall–Kier alpha value is -1.97. The fraction of sp³-hybridized carbons (Fsp3) is 0.533. The van der Waals surface area contributed by atoms with Crippen molar-refractivity contribution in [1.29, 1.82) is 5.26 Å². The second-order valence-corrected chi connectivity index (χ2v) is 5.15. The van der Waals surface area contributed by atoms with Gasteiger partial charge in [0.2, 0.25) is 0 Å². The molecule has 2 heterocycles. The lowest BCUT2D eigenvalue weighted by atomic mass is 10.1. The maximum absolute atomic E-state index is 10.4. The molecule has 0 atom stereocenters. The summed E-state index contributed by atoms with van der Waals surface area (Å²) in [6, 6.07) is 5.79. The lowest BCUT2D eigenvalue weighted by Crippen LogP contribution is -2.36. The third-order valence-corrected chi connectivity index (χ3v) is 3.55. The average Bonchev–Trinajstić information content (AvgIpc) is 2.49. The Bertz CT molecular complexity index is 519. The van der Waals surface area contributed by atoms with Gasteiger partial charge in [-0.25, -0.2) is 4.98 Å². The van der Waals surface area contributed by atoms with Crippen molar-refractivity contribution in [3.63, 3.8) is 0 Å². The fourth-order valence-electron chi connectivity index (χ4n) is 2.44. The molecule has 6 nitrogen and oxygen atoms in total. The molecule has 6 heteroatoms. The van der Waals surface area contributed by atoms with Crippen molar-refractivity contribution in [2.24, 2.45) is 0 Å². The zero-order chi connectivity index (χ0) is 15.1. The Labute approximate surface area is 124 Å². The zero-order valence-electron chi connectivity index (χ0n) is 11.9. The molecule has 0 amide bonds. The van der Waals surface area contributed by atoms with Crippen LogP contribution in [0.25, 0.3) is 0 Å². The lowest BCUT2D eigenvalue weighted by Gasteiger charge is -2.31. The van der Waals surface area contributed by atoms with Crippen LogP contribution in [-0.2, 0) is 16.1 Å². The lowest BCUT2D eigenvalue weighted by molar-refractivity contribution is -0.138. The van der Waals surface area contributed by atoms with Gasteiger partial charge in [0.25, 0.3) is 0 Å². The van der Waals surface area contributed by atoms with Crippen LogP contribution in [0.15, 0.2) is 18.3 Å². The number of hydrogen-bond donors (Lipinski definition) is 1. The van der Waals surface area contributed by atoms with E-state index in [0.29, 0.717) is 5.69 Å². The number of carboxylic acids is 1. The minimum atomic E-state index is -0.821. The third kappa shape index (κ3) is 5.14. The molecule has 1 aliphatic heterocycles. The van der Waals surface area contributed by atoms with Gasteiger partial charge in [-0.3, -0.25) is 9.69 Å². The predicted molar refractivity (Wildman–Crippen MR) is 75.5 cm³/mol. The van der Waals surface area contributed by atoms with Crippen LogP contribution < -0.4 is 0 Å². The molecule has 1 saturated heterocycles. The van der Waals surface area contributed by atoms with E-state index in [0.717, 1.165) is 38.0 Å². The van der Waals surface area contributed by atoms with Gasteiger partial charge in [0.05, 0.1) is 19.1 Å². The first-order valence-electron chi connectivity index (χ1n) is 7.08. The Morgan fingerprint density at radius 3 is 2.95 bits per heavy atom. The molecule has 1 aliphatic rings. The van der Waals surface area contributed by atoms with Crippen molar-refractivity contribution < 1.29 is 14.6 Å². The molecule has 2 rings (SSSR count). The second-order valence-electron chi connectivity index (χ2n) is 5.15. The normalized spacial score (nSPS) is 16.5. The van der Waals surface area contributed by atoms with E-state index in [1.165, 1.54) is 0 Å². The molecular weight excluding hydrogens is 270 g/mol. The van der Waals surface area contributed by atoms with Crippen molar-refractivity contribution in [2.75, 3.05) is 19.7 Å². The Kier molecular flexibility index (Phi) is 5.67. The highest BCUT2D eigenvalue weighted by molar-refractivity contribution is 5.66. The number of likely N-dealkylation sites (tertiary alicyclic amines) is 1. The van der Waals surface area contributed by atoms with E-state index in [4.69, 9.17) is 15.1 Å². The molecule has 1 fully saturated rings. The van der Waals surface area contributed by atoms with Gasteiger partial charge in [-0.2, -0.15) is 5.26 Å². The van der Waals surface area contributed by atoms with Gasteiger partial charge in [-0.1, -0.05) is 0 Å². The monoisotopic (exact) mass is 289 g/mol. The number of ether oxygens (including phenoxy) is 1. The highest BCUT2D eigenvalue weighted by Crippen LogP contribution is 2.16. The topological polar surface area (TPSA) is 86.5 Å². The van der Waals surface area contributed by atoms with Crippen LogP contribution in [0.4, 0.5) is 0 Å². The Morgan fingerprint density at radius 2 is 2.29 bits per heavy atom. The summed E-state index contributed by atoms with van der Waals surface area (Å²) in [5, 5.41) is 17.4. The zero-order valence-corrected chi connectivity index (χ0v) is 11.9. The van der Waals surface area contributed by atoms with Crippen molar-refractivity contribution >= 4 is 5.97 Å². The van der Waals surface area contributed by atoms with E-state index in [-0.39, 0.29) is 19.1 Å². The molecule has 0 aromatic carbocycles. The van der Waals surface area contributed by atoms with Crippen molar-refractivity contribution in [1.82, 2.24) is 9.88 Å². The predicted octanol–water partition coefficient (Wildman–Crippen LogP) is 1.41. The number of piperidine rings is 1. The van der Waals surface area contributed by atoms with Crippen LogP contribution in [0.2, 0.25) is 0 Å². The molecule has 21 heavy (non-hydrogen) atoms. The number of aliphatic carboxylic acids is 1. The first-order chi connectivity index (χ1) is 10.2. The highest BCUT2D eigenvalue weighted by Gasteiger charge is 2.19. The van der Waals surface area contributed by atoms with Gasteiger partial charge in [-0.15, -0.1) is 0 Å². The van der Waals surface area contributed by atoms with Crippen LogP contribution in [-0.4, -0.2) is 46.8 Å². The van der Waals surface area contributed by atoms with Crippen LogP contribution in [0.3, 0.4) is 0 Å². The SMILES string of the molecule is N#Cc1cc(CN2CCC(OCCC(=O)O)CC2)ccn1. The van der Waals surface area contributed by atoms with Gasteiger partial charge in [-0.05, 0) is 30.5 Å². The van der Waals surface area contributed by atoms with Crippen molar-refractivity contribution in [3.8, 4) is 6.07 Å². The van der Waals surface area contributed by atoms with E-state index >= 15 is 0 Å². The number of hydrogen-bond acceptors (Lipinski definition) is 5. The molecule has 1 aromatic heterocycles. The number of rotatable bonds is 6. The molecule has 112 valence electrons. The smallest absolute Gasteiger partial charge is 0.305 e. The minimum absolute atomic E-state index is 0.0637. The van der Waals surface area contributed by atoms with E-state index in [9.17, 15) is 4.79 Å². The molecule has 1 aromatic rings. The first kappa shape index (κ1) is 15.4. The van der Waals surface area contributed by atoms with E-state index in [1.807, 2.05) is 18.2 Å². The summed E-state index contributed by atoms with van der Waals surface area (Å²) in [5.74, 6) is -0.821. The number of nitrogens with zero attached hydrogens (tertiary/aromatic N) is 3. The van der Waals surface area contributed by atoms with Crippen LogP contribution in [0.1, 0.15) is 30.5 Å². The summed E-state index contributed by atoms with van der Waals surface area (Å²) < 4.78 is 5.57. The maximum Gasteiger partial charge on any atom is 0.305 e. The molecule has 0 bridgehead atoms. The molecule has 0 radical (unpaired) electrons. The Morgan fingerprint density at radius 1 is 1.52 bits per heavy atom. The molecule has 0 aliphatic carbocycles. The summed E-state index contributed by atoms with van der Waals surface area (Å²) in [7, 11) is 0. The molecule has 0 unspecified atom stereocenters. The minimum Gasteiger partial charge on any atom is -0.481 e. The average molecular weight is 289 g/mol. The molecular formula is C15H19N3O3. The van der Waals surface area contributed by atoms with Gasteiger partial charge in [0.1, 0.15) is 11.8 Å². The summed E-state index contributed by atoms with van der Waals surface area (Å²) in [4.78, 5) is 16.7. The van der Waals surface area contributed by atoms with Crippen molar-refractivity contribution in [3.05, 3.63) is 29.6 Å². The summed E-state index contributed by atoms with van der Waals surface area (Å²) in [6.07, 6.45) is 3.71.